The van der Waals surface area contributed by atoms with Gasteiger partial charge in [-0.15, -0.1) is 0 Å². The van der Waals surface area contributed by atoms with Crippen LogP contribution in [0.1, 0.15) is 6.42 Å². The molecule has 0 saturated carbocycles. The summed E-state index contributed by atoms with van der Waals surface area (Å²) in [6.45, 7) is 1.36. The van der Waals surface area contributed by atoms with Crippen LogP contribution in [0.5, 0.6) is 0 Å². The number of anilines is 1. The molecule has 0 radical (unpaired) electrons. The van der Waals surface area contributed by atoms with Gasteiger partial charge in [-0.05, 0) is 18.6 Å². The summed E-state index contributed by atoms with van der Waals surface area (Å²) in [6.07, 6.45) is 0.764. The Morgan fingerprint density at radius 2 is 2.14 bits per heavy atom. The van der Waals surface area contributed by atoms with E-state index in [0.29, 0.717) is 18.7 Å². The number of nitrogens with zero attached hydrogens (tertiary/aromatic N) is 1. The van der Waals surface area contributed by atoms with E-state index in [4.69, 9.17) is 9.15 Å². The van der Waals surface area contributed by atoms with Crippen molar-refractivity contribution in [2.45, 2.75) is 6.42 Å². The summed E-state index contributed by atoms with van der Waals surface area (Å²) in [5.74, 6) is -0.0479. The SMILES string of the molecule is COCC(=O)N(C)CCCNc1cc(=O)oc2ccccc12. The molecule has 0 atom stereocenters. The minimum absolute atomic E-state index is 0.0479. The molecule has 1 amide bonds. The van der Waals surface area contributed by atoms with Gasteiger partial charge in [0.15, 0.2) is 0 Å². The molecule has 0 aliphatic heterocycles. The van der Waals surface area contributed by atoms with Crippen molar-refractivity contribution in [2.24, 2.45) is 0 Å². The Balaban J connectivity index is 1.93. The fourth-order valence-electron chi connectivity index (χ4n) is 2.16. The van der Waals surface area contributed by atoms with Gasteiger partial charge in [0.05, 0.1) is 5.69 Å². The zero-order valence-corrected chi connectivity index (χ0v) is 12.8. The molecule has 1 aromatic carbocycles. The van der Waals surface area contributed by atoms with Crippen LogP contribution >= 0.6 is 0 Å². The third-order valence-corrected chi connectivity index (χ3v) is 3.33. The second kappa shape index (κ2) is 7.61. The number of nitrogens with one attached hydrogen (secondary N) is 1. The molecule has 1 N–H and O–H groups in total. The Bertz CT molecular complexity index is 696. The highest BCUT2D eigenvalue weighted by Gasteiger charge is 2.08. The van der Waals surface area contributed by atoms with E-state index >= 15 is 0 Å². The highest BCUT2D eigenvalue weighted by molar-refractivity contribution is 5.89. The number of amides is 1. The van der Waals surface area contributed by atoms with E-state index in [1.165, 1.54) is 13.2 Å². The minimum atomic E-state index is -0.381. The van der Waals surface area contributed by atoms with Gasteiger partial charge in [0.1, 0.15) is 12.2 Å². The van der Waals surface area contributed by atoms with Gasteiger partial charge in [-0.2, -0.15) is 0 Å². The number of methoxy groups -OCH3 is 1. The maximum absolute atomic E-state index is 11.6. The fourth-order valence-corrected chi connectivity index (χ4v) is 2.16. The Labute approximate surface area is 128 Å². The molecule has 0 unspecified atom stereocenters. The Morgan fingerprint density at radius 1 is 1.36 bits per heavy atom. The molecule has 0 aliphatic carbocycles. The molecule has 22 heavy (non-hydrogen) atoms. The lowest BCUT2D eigenvalue weighted by atomic mass is 10.2. The van der Waals surface area contributed by atoms with Gasteiger partial charge in [-0.1, -0.05) is 12.1 Å². The normalized spacial score (nSPS) is 10.6. The molecule has 0 aliphatic rings. The zero-order chi connectivity index (χ0) is 15.9. The first-order valence-corrected chi connectivity index (χ1v) is 7.11. The number of carbonyl (C=O) groups is 1. The van der Waals surface area contributed by atoms with Crippen molar-refractivity contribution in [1.82, 2.24) is 4.90 Å². The van der Waals surface area contributed by atoms with E-state index in [-0.39, 0.29) is 18.1 Å². The highest BCUT2D eigenvalue weighted by Crippen LogP contribution is 2.20. The molecule has 1 heterocycles. The van der Waals surface area contributed by atoms with Gasteiger partial charge in [0.2, 0.25) is 5.91 Å². The Hall–Kier alpha value is -2.34. The van der Waals surface area contributed by atoms with Gasteiger partial charge in [0.25, 0.3) is 0 Å². The second-order valence-corrected chi connectivity index (χ2v) is 5.00. The zero-order valence-electron chi connectivity index (χ0n) is 12.8. The van der Waals surface area contributed by atoms with Crippen molar-refractivity contribution in [3.8, 4) is 0 Å². The van der Waals surface area contributed by atoms with Crippen LogP contribution in [-0.4, -0.2) is 44.7 Å². The van der Waals surface area contributed by atoms with Crippen molar-refractivity contribution in [1.29, 1.82) is 0 Å². The van der Waals surface area contributed by atoms with Crippen LogP contribution in [0.25, 0.3) is 11.0 Å². The molecule has 118 valence electrons. The average molecular weight is 304 g/mol. The number of para-hydroxylation sites is 1. The minimum Gasteiger partial charge on any atom is -0.423 e. The maximum Gasteiger partial charge on any atom is 0.338 e. The number of carbonyl (C=O) groups excluding carboxylic acids is 1. The number of ether oxygens (including phenoxy) is 1. The Morgan fingerprint density at radius 3 is 2.91 bits per heavy atom. The number of likely N-dealkylation sites (N-methyl/N-ethyl adjacent to an activating group) is 1. The first-order valence-electron chi connectivity index (χ1n) is 7.11. The molecule has 2 rings (SSSR count). The topological polar surface area (TPSA) is 71.8 Å². The van der Waals surface area contributed by atoms with E-state index < -0.39 is 0 Å². The van der Waals surface area contributed by atoms with Crippen molar-refractivity contribution in [3.63, 3.8) is 0 Å². The predicted molar refractivity (Wildman–Crippen MR) is 85.1 cm³/mol. The number of hydrogen-bond donors (Lipinski definition) is 1. The van der Waals surface area contributed by atoms with Gasteiger partial charge in [-0.3, -0.25) is 4.79 Å². The number of hydrogen-bond acceptors (Lipinski definition) is 5. The van der Waals surface area contributed by atoms with Crippen LogP contribution in [0.15, 0.2) is 39.5 Å². The number of rotatable bonds is 7. The molecule has 0 bridgehead atoms. The van der Waals surface area contributed by atoms with Crippen molar-refractivity contribution in [2.75, 3.05) is 39.2 Å². The quantitative estimate of drug-likeness (QED) is 0.622. The summed E-state index contributed by atoms with van der Waals surface area (Å²) in [4.78, 5) is 24.7. The van der Waals surface area contributed by atoms with E-state index in [9.17, 15) is 9.59 Å². The van der Waals surface area contributed by atoms with Crippen molar-refractivity contribution in [3.05, 3.63) is 40.8 Å². The van der Waals surface area contributed by atoms with Crippen LogP contribution in [0, 0.1) is 0 Å². The summed E-state index contributed by atoms with van der Waals surface area (Å²) < 4.78 is 9.95. The molecule has 6 nitrogen and oxygen atoms in total. The average Bonchev–Trinajstić information content (AvgIpc) is 2.51. The van der Waals surface area contributed by atoms with Crippen LogP contribution in [0.4, 0.5) is 5.69 Å². The molecule has 2 aromatic rings. The molecule has 0 fully saturated rings. The van der Waals surface area contributed by atoms with Crippen LogP contribution in [-0.2, 0) is 9.53 Å². The van der Waals surface area contributed by atoms with Crippen LogP contribution in [0.3, 0.4) is 0 Å². The standard InChI is InChI=1S/C16H20N2O4/c1-18(15(19)11-21-2)9-5-8-17-13-10-16(20)22-14-7-4-3-6-12(13)14/h3-4,6-7,10,17H,5,8-9,11H2,1-2H3. The fraction of sp³-hybridized carbons (Fsp3) is 0.375. The summed E-state index contributed by atoms with van der Waals surface area (Å²) in [5.41, 5.74) is 0.927. The van der Waals surface area contributed by atoms with E-state index in [1.54, 1.807) is 18.0 Å². The first-order chi connectivity index (χ1) is 10.6. The largest absolute Gasteiger partial charge is 0.423 e. The van der Waals surface area contributed by atoms with E-state index in [2.05, 4.69) is 5.32 Å². The summed E-state index contributed by atoms with van der Waals surface area (Å²) in [5, 5.41) is 4.09. The number of benzene rings is 1. The molecular weight excluding hydrogens is 284 g/mol. The Kier molecular flexibility index (Phi) is 5.55. The molecule has 6 heteroatoms. The summed E-state index contributed by atoms with van der Waals surface area (Å²) in [6, 6.07) is 8.83. The van der Waals surface area contributed by atoms with Gasteiger partial charge < -0.3 is 19.4 Å². The lowest BCUT2D eigenvalue weighted by Gasteiger charge is -2.17. The van der Waals surface area contributed by atoms with Crippen molar-refractivity contribution < 1.29 is 13.9 Å². The molecule has 0 saturated heterocycles. The van der Waals surface area contributed by atoms with Crippen molar-refractivity contribution >= 4 is 22.6 Å². The van der Waals surface area contributed by atoms with E-state index in [0.717, 1.165) is 17.5 Å². The maximum atomic E-state index is 11.6. The third kappa shape index (κ3) is 4.08. The van der Waals surface area contributed by atoms with Gasteiger partial charge in [0, 0.05) is 38.7 Å². The summed E-state index contributed by atoms with van der Waals surface area (Å²) in [7, 11) is 3.24. The highest BCUT2D eigenvalue weighted by atomic mass is 16.5. The third-order valence-electron chi connectivity index (χ3n) is 3.33. The molecule has 1 aromatic heterocycles. The smallest absolute Gasteiger partial charge is 0.338 e. The van der Waals surface area contributed by atoms with Gasteiger partial charge in [-0.25, -0.2) is 4.79 Å². The monoisotopic (exact) mass is 304 g/mol. The molecular formula is C16H20N2O4. The summed E-state index contributed by atoms with van der Waals surface area (Å²) >= 11 is 0. The van der Waals surface area contributed by atoms with Crippen LogP contribution < -0.4 is 10.9 Å². The molecule has 0 spiro atoms. The second-order valence-electron chi connectivity index (χ2n) is 5.00. The van der Waals surface area contributed by atoms with Crippen LogP contribution in [0.2, 0.25) is 0 Å². The number of fused-ring (bicyclic) bond motifs is 1. The van der Waals surface area contributed by atoms with E-state index in [1.807, 2.05) is 18.2 Å². The lowest BCUT2D eigenvalue weighted by molar-refractivity contribution is -0.133. The lowest BCUT2D eigenvalue weighted by Crippen LogP contribution is -2.31. The van der Waals surface area contributed by atoms with Gasteiger partial charge >= 0.3 is 5.63 Å². The first kappa shape index (κ1) is 16.0. The predicted octanol–water partition coefficient (Wildman–Crippen LogP) is 1.70.